The van der Waals surface area contributed by atoms with Gasteiger partial charge in [0.25, 0.3) is 0 Å². The Hall–Kier alpha value is -1.28. The first-order valence-corrected chi connectivity index (χ1v) is 7.23. The van der Waals surface area contributed by atoms with E-state index in [4.69, 9.17) is 4.74 Å². The maximum Gasteiger partial charge on any atom is 0.119 e. The topological polar surface area (TPSA) is 12.5 Å². The van der Waals surface area contributed by atoms with Gasteiger partial charge in [0.2, 0.25) is 0 Å². The Morgan fingerprint density at radius 2 is 2.21 bits per heavy atom. The Morgan fingerprint density at radius 3 is 3.05 bits per heavy atom. The van der Waals surface area contributed by atoms with Crippen LogP contribution < -0.4 is 4.74 Å². The molecule has 1 aromatic carbocycles. The van der Waals surface area contributed by atoms with Crippen LogP contribution >= 0.6 is 0 Å². The van der Waals surface area contributed by atoms with Gasteiger partial charge in [-0.05, 0) is 56.5 Å². The standard InChI is InChI=1S/C17H23NO/c1-18-11-10-17(9-4-3-6-15(17)13-18)14-7-5-8-16(12-14)19-2/h3-5,7-8,12,15H,6,9-11,13H2,1-2H3/t15-,17-/m0/s1. The van der Waals surface area contributed by atoms with E-state index >= 15 is 0 Å². The molecule has 1 aromatic rings. The molecule has 1 saturated heterocycles. The average Bonchev–Trinajstić information content (AvgIpc) is 2.47. The van der Waals surface area contributed by atoms with E-state index in [2.05, 4.69) is 42.3 Å². The molecule has 1 fully saturated rings. The van der Waals surface area contributed by atoms with Crippen LogP contribution in [0.4, 0.5) is 0 Å². The van der Waals surface area contributed by atoms with Crippen LogP contribution in [0.15, 0.2) is 36.4 Å². The summed E-state index contributed by atoms with van der Waals surface area (Å²) >= 11 is 0. The summed E-state index contributed by atoms with van der Waals surface area (Å²) in [6, 6.07) is 8.72. The number of rotatable bonds is 2. The molecule has 0 bridgehead atoms. The molecular formula is C17H23NO. The Kier molecular flexibility index (Phi) is 3.36. The fraction of sp³-hybridized carbons (Fsp3) is 0.529. The van der Waals surface area contributed by atoms with E-state index in [0.717, 1.165) is 11.7 Å². The molecule has 3 rings (SSSR count). The van der Waals surface area contributed by atoms with Crippen LogP contribution in [0.5, 0.6) is 5.75 Å². The van der Waals surface area contributed by atoms with Gasteiger partial charge in [-0.2, -0.15) is 0 Å². The third-order valence-electron chi connectivity index (χ3n) is 4.97. The lowest BCUT2D eigenvalue weighted by molar-refractivity contribution is 0.106. The summed E-state index contributed by atoms with van der Waals surface area (Å²) in [6.07, 6.45) is 8.38. The molecule has 2 atom stereocenters. The van der Waals surface area contributed by atoms with Gasteiger partial charge in [-0.15, -0.1) is 0 Å². The second-order valence-corrected chi connectivity index (χ2v) is 6.01. The Labute approximate surface area is 116 Å². The minimum Gasteiger partial charge on any atom is -0.497 e. The van der Waals surface area contributed by atoms with Gasteiger partial charge in [-0.3, -0.25) is 0 Å². The summed E-state index contributed by atoms with van der Waals surface area (Å²) < 4.78 is 5.41. The van der Waals surface area contributed by atoms with Gasteiger partial charge in [0.05, 0.1) is 7.11 Å². The quantitative estimate of drug-likeness (QED) is 0.754. The third kappa shape index (κ3) is 2.18. The van der Waals surface area contributed by atoms with Crippen LogP contribution in [0, 0.1) is 5.92 Å². The lowest BCUT2D eigenvalue weighted by Gasteiger charge is -2.49. The molecule has 1 aliphatic heterocycles. The molecule has 0 N–H and O–H groups in total. The summed E-state index contributed by atoms with van der Waals surface area (Å²) in [6.45, 7) is 2.41. The molecule has 0 spiro atoms. The molecule has 2 heteroatoms. The van der Waals surface area contributed by atoms with Gasteiger partial charge in [0.1, 0.15) is 5.75 Å². The van der Waals surface area contributed by atoms with Crippen LogP contribution in [-0.4, -0.2) is 32.1 Å². The van der Waals surface area contributed by atoms with Crippen LogP contribution in [0.3, 0.4) is 0 Å². The first kappa shape index (κ1) is 12.7. The molecule has 0 unspecified atom stereocenters. The number of hydrogen-bond acceptors (Lipinski definition) is 2. The van der Waals surface area contributed by atoms with Crippen molar-refractivity contribution in [3.8, 4) is 5.75 Å². The maximum atomic E-state index is 5.41. The molecule has 0 aromatic heterocycles. The third-order valence-corrected chi connectivity index (χ3v) is 4.97. The molecule has 0 saturated carbocycles. The van der Waals surface area contributed by atoms with Crippen molar-refractivity contribution in [3.05, 3.63) is 42.0 Å². The van der Waals surface area contributed by atoms with Gasteiger partial charge in [0.15, 0.2) is 0 Å². The number of hydrogen-bond donors (Lipinski definition) is 0. The minimum atomic E-state index is 0.329. The predicted octanol–water partition coefficient (Wildman–Crippen LogP) is 3.23. The largest absolute Gasteiger partial charge is 0.497 e. The zero-order chi connectivity index (χ0) is 13.3. The molecule has 2 nitrogen and oxygen atoms in total. The minimum absolute atomic E-state index is 0.329. The van der Waals surface area contributed by atoms with Gasteiger partial charge in [0, 0.05) is 12.0 Å². The van der Waals surface area contributed by atoms with Crippen molar-refractivity contribution < 1.29 is 4.74 Å². The van der Waals surface area contributed by atoms with E-state index in [-0.39, 0.29) is 0 Å². The number of piperidine rings is 1. The van der Waals surface area contributed by atoms with E-state index in [1.165, 1.54) is 37.9 Å². The normalized spacial score (nSPS) is 30.9. The number of likely N-dealkylation sites (tertiary alicyclic amines) is 1. The van der Waals surface area contributed by atoms with E-state index in [1.54, 1.807) is 7.11 Å². The summed E-state index contributed by atoms with van der Waals surface area (Å²) in [5.74, 6) is 1.72. The SMILES string of the molecule is COc1cccc([C@@]23CC=CC[C@H]2CN(C)CC3)c1. The maximum absolute atomic E-state index is 5.41. The summed E-state index contributed by atoms with van der Waals surface area (Å²) in [5, 5.41) is 0. The van der Waals surface area contributed by atoms with Crippen molar-refractivity contribution in [2.45, 2.75) is 24.7 Å². The first-order valence-electron chi connectivity index (χ1n) is 7.23. The zero-order valence-electron chi connectivity index (χ0n) is 11.9. The predicted molar refractivity (Wildman–Crippen MR) is 78.7 cm³/mol. The van der Waals surface area contributed by atoms with Crippen LogP contribution in [0.25, 0.3) is 0 Å². The average molecular weight is 257 g/mol. The van der Waals surface area contributed by atoms with Crippen LogP contribution in [-0.2, 0) is 5.41 Å². The molecule has 0 radical (unpaired) electrons. The fourth-order valence-electron chi connectivity index (χ4n) is 3.79. The summed E-state index contributed by atoms with van der Waals surface area (Å²) in [7, 11) is 4.00. The fourth-order valence-corrected chi connectivity index (χ4v) is 3.79. The molecule has 0 amide bonds. The van der Waals surface area contributed by atoms with Crippen LogP contribution in [0.2, 0.25) is 0 Å². The van der Waals surface area contributed by atoms with E-state index in [0.29, 0.717) is 5.41 Å². The first-order chi connectivity index (χ1) is 9.24. The number of methoxy groups -OCH3 is 1. The zero-order valence-corrected chi connectivity index (χ0v) is 11.9. The second kappa shape index (κ2) is 5.01. The molecule has 102 valence electrons. The van der Waals surface area contributed by atoms with Crippen molar-refractivity contribution in [2.75, 3.05) is 27.2 Å². The van der Waals surface area contributed by atoms with Crippen molar-refractivity contribution in [3.63, 3.8) is 0 Å². The Balaban J connectivity index is 2.00. The monoisotopic (exact) mass is 257 g/mol. The molecule has 1 aliphatic carbocycles. The second-order valence-electron chi connectivity index (χ2n) is 6.01. The molecular weight excluding hydrogens is 234 g/mol. The lowest BCUT2D eigenvalue weighted by Crippen LogP contribution is -2.49. The molecule has 2 aliphatic rings. The highest BCUT2D eigenvalue weighted by Crippen LogP contribution is 2.47. The van der Waals surface area contributed by atoms with Gasteiger partial charge >= 0.3 is 0 Å². The number of ether oxygens (including phenoxy) is 1. The van der Waals surface area contributed by atoms with Crippen molar-refractivity contribution in [1.82, 2.24) is 4.90 Å². The van der Waals surface area contributed by atoms with E-state index in [1.807, 2.05) is 6.07 Å². The Bertz CT molecular complexity index is 482. The number of fused-ring (bicyclic) bond motifs is 1. The smallest absolute Gasteiger partial charge is 0.119 e. The highest BCUT2D eigenvalue weighted by atomic mass is 16.5. The number of nitrogens with zero attached hydrogens (tertiary/aromatic N) is 1. The van der Waals surface area contributed by atoms with Gasteiger partial charge in [-0.25, -0.2) is 0 Å². The number of benzene rings is 1. The van der Waals surface area contributed by atoms with Crippen molar-refractivity contribution >= 4 is 0 Å². The van der Waals surface area contributed by atoms with Crippen molar-refractivity contribution in [1.29, 1.82) is 0 Å². The highest BCUT2D eigenvalue weighted by Gasteiger charge is 2.43. The van der Waals surface area contributed by atoms with Gasteiger partial charge < -0.3 is 9.64 Å². The number of allylic oxidation sites excluding steroid dienone is 2. The van der Waals surface area contributed by atoms with Crippen LogP contribution in [0.1, 0.15) is 24.8 Å². The summed E-state index contributed by atoms with van der Waals surface area (Å²) in [4.78, 5) is 2.47. The highest BCUT2D eigenvalue weighted by molar-refractivity contribution is 5.37. The Morgan fingerprint density at radius 1 is 1.32 bits per heavy atom. The van der Waals surface area contributed by atoms with Crippen molar-refractivity contribution in [2.24, 2.45) is 5.92 Å². The molecule has 1 heterocycles. The summed E-state index contributed by atoms with van der Waals surface area (Å²) in [5.41, 5.74) is 1.80. The lowest BCUT2D eigenvalue weighted by atomic mass is 9.61. The van der Waals surface area contributed by atoms with E-state index < -0.39 is 0 Å². The van der Waals surface area contributed by atoms with Gasteiger partial charge in [-0.1, -0.05) is 24.3 Å². The molecule has 19 heavy (non-hydrogen) atoms. The van der Waals surface area contributed by atoms with E-state index in [9.17, 15) is 0 Å².